The smallest absolute Gasteiger partial charge is 0.254 e. The maximum absolute atomic E-state index is 13.1. The van der Waals surface area contributed by atoms with E-state index in [9.17, 15) is 10.1 Å². The molecule has 0 saturated heterocycles. The quantitative estimate of drug-likeness (QED) is 0.670. The summed E-state index contributed by atoms with van der Waals surface area (Å²) in [6.45, 7) is 3.96. The molecule has 6 heteroatoms. The Kier molecular flexibility index (Phi) is 6.72. The molecule has 1 N–H and O–H groups in total. The summed E-state index contributed by atoms with van der Waals surface area (Å²) in [7, 11) is 0. The number of nitrogens with zero attached hydrogens (tertiary/aromatic N) is 2. The van der Waals surface area contributed by atoms with Crippen molar-refractivity contribution in [2.24, 2.45) is 10.9 Å². The molecule has 1 aliphatic heterocycles. The Balaban J connectivity index is 1.98. The van der Waals surface area contributed by atoms with E-state index in [0.29, 0.717) is 22.7 Å². The van der Waals surface area contributed by atoms with Crippen LogP contribution in [-0.2, 0) is 4.79 Å². The van der Waals surface area contributed by atoms with Crippen LogP contribution in [0.1, 0.15) is 38.4 Å². The molecule has 0 spiro atoms. The van der Waals surface area contributed by atoms with E-state index in [1.807, 2.05) is 43.3 Å². The van der Waals surface area contributed by atoms with Crippen LogP contribution in [0.2, 0.25) is 0 Å². The van der Waals surface area contributed by atoms with Crippen molar-refractivity contribution >= 4 is 28.4 Å². The Morgan fingerprint density at radius 2 is 2.07 bits per heavy atom. The SMILES string of the molecule is CCCCSC1=NC(C)=C(C(=O)Nc2ccccc2)[C@@H](c2ccco2)C1C#N. The first kappa shape index (κ1) is 20.0. The molecule has 1 aromatic carbocycles. The Hall–Kier alpha value is -2.78. The summed E-state index contributed by atoms with van der Waals surface area (Å²) in [5.74, 6) is 0.217. The normalized spacial score (nSPS) is 19.1. The minimum absolute atomic E-state index is 0.258. The van der Waals surface area contributed by atoms with Crippen molar-refractivity contribution in [3.63, 3.8) is 0 Å². The van der Waals surface area contributed by atoms with Crippen molar-refractivity contribution in [3.05, 3.63) is 65.8 Å². The Morgan fingerprint density at radius 3 is 2.71 bits per heavy atom. The van der Waals surface area contributed by atoms with E-state index < -0.39 is 11.8 Å². The van der Waals surface area contributed by atoms with Gasteiger partial charge in [-0.2, -0.15) is 5.26 Å². The summed E-state index contributed by atoms with van der Waals surface area (Å²) in [6.07, 6.45) is 3.71. The second kappa shape index (κ2) is 9.43. The zero-order chi connectivity index (χ0) is 19.9. The lowest BCUT2D eigenvalue weighted by Gasteiger charge is -2.28. The lowest BCUT2D eigenvalue weighted by atomic mass is 9.81. The van der Waals surface area contributed by atoms with Gasteiger partial charge in [-0.15, -0.1) is 11.8 Å². The fourth-order valence-electron chi connectivity index (χ4n) is 3.20. The first-order valence-electron chi connectivity index (χ1n) is 9.37. The monoisotopic (exact) mass is 393 g/mol. The van der Waals surface area contributed by atoms with Crippen molar-refractivity contribution in [2.75, 3.05) is 11.1 Å². The number of unbranched alkanes of at least 4 members (excludes halogenated alkanes) is 1. The zero-order valence-electron chi connectivity index (χ0n) is 16.0. The standard InChI is InChI=1S/C22H23N3O2S/c1-3-4-13-28-22-17(14-23)20(18-11-8-12-27-18)19(15(2)24-22)21(26)25-16-9-6-5-7-10-16/h5-12,17,20H,3-4,13H2,1-2H3,(H,25,26)/t17?,20-/m1/s1. The number of hydrogen-bond acceptors (Lipinski definition) is 5. The first-order valence-corrected chi connectivity index (χ1v) is 10.4. The molecule has 1 aromatic heterocycles. The topological polar surface area (TPSA) is 78.4 Å². The van der Waals surface area contributed by atoms with E-state index in [1.165, 1.54) is 0 Å². The van der Waals surface area contributed by atoms with E-state index in [1.54, 1.807) is 24.1 Å². The van der Waals surface area contributed by atoms with Crippen LogP contribution in [0.25, 0.3) is 0 Å². The summed E-state index contributed by atoms with van der Waals surface area (Å²) >= 11 is 1.60. The number of amides is 1. The lowest BCUT2D eigenvalue weighted by Crippen LogP contribution is -2.31. The molecule has 0 fully saturated rings. The molecule has 1 unspecified atom stereocenters. The molecule has 3 rings (SSSR count). The van der Waals surface area contributed by atoms with E-state index in [2.05, 4.69) is 23.3 Å². The predicted molar refractivity (Wildman–Crippen MR) is 113 cm³/mol. The van der Waals surface area contributed by atoms with Crippen LogP contribution < -0.4 is 5.32 Å². The third-order valence-electron chi connectivity index (χ3n) is 4.59. The molecular formula is C22H23N3O2S. The summed E-state index contributed by atoms with van der Waals surface area (Å²) in [5, 5.41) is 13.6. The third-order valence-corrected chi connectivity index (χ3v) is 5.72. The van der Waals surface area contributed by atoms with Crippen LogP contribution in [-0.4, -0.2) is 16.7 Å². The highest BCUT2D eigenvalue weighted by Gasteiger charge is 2.40. The number of aliphatic imine (C=N–C) groups is 1. The van der Waals surface area contributed by atoms with Crippen molar-refractivity contribution in [1.82, 2.24) is 0 Å². The highest BCUT2D eigenvalue weighted by atomic mass is 32.2. The number of allylic oxidation sites excluding steroid dienone is 1. The summed E-state index contributed by atoms with van der Waals surface area (Å²) < 4.78 is 5.63. The van der Waals surface area contributed by atoms with Gasteiger partial charge < -0.3 is 9.73 Å². The number of nitriles is 1. The number of nitrogens with one attached hydrogen (secondary N) is 1. The second-order valence-electron chi connectivity index (χ2n) is 6.57. The minimum Gasteiger partial charge on any atom is -0.469 e. The summed E-state index contributed by atoms with van der Waals surface area (Å²) in [5.41, 5.74) is 1.80. The predicted octanol–water partition coefficient (Wildman–Crippen LogP) is 5.36. The molecule has 1 amide bonds. The minimum atomic E-state index is -0.548. The molecule has 0 bridgehead atoms. The highest BCUT2D eigenvalue weighted by Crippen LogP contribution is 2.41. The average molecular weight is 394 g/mol. The van der Waals surface area contributed by atoms with Crippen LogP contribution >= 0.6 is 11.8 Å². The second-order valence-corrected chi connectivity index (χ2v) is 7.69. The largest absolute Gasteiger partial charge is 0.469 e. The maximum atomic E-state index is 13.1. The molecule has 1 aliphatic rings. The molecule has 28 heavy (non-hydrogen) atoms. The highest BCUT2D eigenvalue weighted by molar-refractivity contribution is 8.14. The van der Waals surface area contributed by atoms with Crippen LogP contribution in [0.4, 0.5) is 5.69 Å². The Morgan fingerprint density at radius 1 is 1.29 bits per heavy atom. The molecular weight excluding hydrogens is 370 g/mol. The van der Waals surface area contributed by atoms with Gasteiger partial charge in [0, 0.05) is 11.4 Å². The van der Waals surface area contributed by atoms with E-state index in [4.69, 9.17) is 4.42 Å². The molecule has 0 saturated carbocycles. The zero-order valence-corrected chi connectivity index (χ0v) is 16.8. The van der Waals surface area contributed by atoms with Crippen molar-refractivity contribution in [3.8, 4) is 6.07 Å². The van der Waals surface area contributed by atoms with E-state index >= 15 is 0 Å². The number of benzene rings is 1. The van der Waals surface area contributed by atoms with Gasteiger partial charge in [0.05, 0.1) is 28.9 Å². The molecule has 2 aromatic rings. The van der Waals surface area contributed by atoms with Gasteiger partial charge in [0.2, 0.25) is 0 Å². The number of hydrogen-bond donors (Lipinski definition) is 1. The van der Waals surface area contributed by atoms with Crippen LogP contribution in [0.3, 0.4) is 0 Å². The molecule has 2 heterocycles. The van der Waals surface area contributed by atoms with Gasteiger partial charge in [0.1, 0.15) is 11.7 Å². The fourth-order valence-corrected chi connectivity index (χ4v) is 4.41. The van der Waals surface area contributed by atoms with Gasteiger partial charge in [-0.1, -0.05) is 31.5 Å². The molecule has 2 atom stereocenters. The van der Waals surface area contributed by atoms with Crippen molar-refractivity contribution < 1.29 is 9.21 Å². The molecule has 144 valence electrons. The average Bonchev–Trinajstić information content (AvgIpc) is 3.23. The van der Waals surface area contributed by atoms with Gasteiger partial charge in [0.25, 0.3) is 5.91 Å². The summed E-state index contributed by atoms with van der Waals surface area (Å²) in [4.78, 5) is 17.8. The van der Waals surface area contributed by atoms with Gasteiger partial charge in [-0.05, 0) is 43.4 Å². The number of anilines is 1. The van der Waals surface area contributed by atoms with Gasteiger partial charge >= 0.3 is 0 Å². The molecule has 0 radical (unpaired) electrons. The number of thioether (sulfide) groups is 1. The van der Waals surface area contributed by atoms with E-state index in [-0.39, 0.29) is 5.91 Å². The van der Waals surface area contributed by atoms with E-state index in [0.717, 1.165) is 23.6 Å². The van der Waals surface area contributed by atoms with Gasteiger partial charge in [-0.25, -0.2) is 4.99 Å². The third kappa shape index (κ3) is 4.37. The number of para-hydroxylation sites is 1. The lowest BCUT2D eigenvalue weighted by molar-refractivity contribution is -0.113. The van der Waals surface area contributed by atoms with Crippen LogP contribution in [0.15, 0.2) is 69.4 Å². The fraction of sp³-hybridized carbons (Fsp3) is 0.318. The number of carbonyl (C=O) groups is 1. The number of carbonyl (C=O) groups excluding carboxylic acids is 1. The summed E-state index contributed by atoms with van der Waals surface area (Å²) in [6, 6.07) is 15.2. The van der Waals surface area contributed by atoms with Gasteiger partial charge in [0.15, 0.2) is 0 Å². The Labute approximate surface area is 169 Å². The first-order chi connectivity index (χ1) is 13.7. The Bertz CT molecular complexity index is 911. The molecule has 0 aliphatic carbocycles. The maximum Gasteiger partial charge on any atom is 0.254 e. The van der Waals surface area contributed by atoms with Crippen LogP contribution in [0.5, 0.6) is 0 Å². The number of rotatable bonds is 6. The van der Waals surface area contributed by atoms with Crippen LogP contribution in [0, 0.1) is 17.2 Å². The van der Waals surface area contributed by atoms with Gasteiger partial charge in [-0.3, -0.25) is 4.79 Å². The molecule has 5 nitrogen and oxygen atoms in total. The number of furan rings is 1. The van der Waals surface area contributed by atoms with Crippen molar-refractivity contribution in [1.29, 1.82) is 5.26 Å². The van der Waals surface area contributed by atoms with Crippen molar-refractivity contribution in [2.45, 2.75) is 32.6 Å².